The monoisotopic (exact) mass is 285 g/mol. The summed E-state index contributed by atoms with van der Waals surface area (Å²) in [5, 5.41) is 10.6. The molecule has 2 aromatic heterocycles. The fraction of sp³-hybridized carbons (Fsp3) is 0.364. The third kappa shape index (κ3) is 2.80. The molecule has 7 heteroatoms. The molecule has 2 aromatic rings. The highest BCUT2D eigenvalue weighted by Crippen LogP contribution is 2.16. The Morgan fingerprint density at radius 2 is 2.22 bits per heavy atom. The number of H-pyrrole nitrogens is 1. The third-order valence-electron chi connectivity index (χ3n) is 2.62. The number of rotatable bonds is 5. The second-order valence-corrected chi connectivity index (χ2v) is 6.53. The highest BCUT2D eigenvalue weighted by Gasteiger charge is 2.21. The SMILES string of the molecule is Cc1n[nH]c(C)c1S(=O)(=O)NCCc1ccsc1. The number of sulfonamides is 1. The Hall–Kier alpha value is -1.18. The first-order valence-corrected chi connectivity index (χ1v) is 7.95. The number of aryl methyl sites for hydroxylation is 2. The van der Waals surface area contributed by atoms with Gasteiger partial charge in [-0.3, -0.25) is 5.10 Å². The van der Waals surface area contributed by atoms with Crippen LogP contribution in [0.25, 0.3) is 0 Å². The molecule has 2 N–H and O–H groups in total. The normalized spacial score (nSPS) is 11.9. The van der Waals surface area contributed by atoms with Crippen molar-refractivity contribution in [2.24, 2.45) is 0 Å². The lowest BCUT2D eigenvalue weighted by Crippen LogP contribution is -2.26. The first-order chi connectivity index (χ1) is 8.50. The molecule has 0 aliphatic heterocycles. The Morgan fingerprint density at radius 3 is 2.78 bits per heavy atom. The van der Waals surface area contributed by atoms with Crippen LogP contribution in [-0.2, 0) is 16.4 Å². The van der Waals surface area contributed by atoms with Crippen molar-refractivity contribution in [1.82, 2.24) is 14.9 Å². The van der Waals surface area contributed by atoms with Crippen molar-refractivity contribution in [3.63, 3.8) is 0 Å². The second-order valence-electron chi connectivity index (χ2n) is 4.04. The summed E-state index contributed by atoms with van der Waals surface area (Å²) in [6, 6.07) is 1.99. The maximum Gasteiger partial charge on any atom is 0.244 e. The molecule has 0 aromatic carbocycles. The van der Waals surface area contributed by atoms with Crippen molar-refractivity contribution in [1.29, 1.82) is 0 Å². The predicted octanol–water partition coefficient (Wildman–Crippen LogP) is 1.61. The van der Waals surface area contributed by atoms with Crippen molar-refractivity contribution in [3.8, 4) is 0 Å². The Morgan fingerprint density at radius 1 is 1.44 bits per heavy atom. The zero-order chi connectivity index (χ0) is 13.2. The molecule has 5 nitrogen and oxygen atoms in total. The van der Waals surface area contributed by atoms with Crippen molar-refractivity contribution >= 4 is 21.4 Å². The van der Waals surface area contributed by atoms with Gasteiger partial charge in [0.25, 0.3) is 0 Å². The number of hydrogen-bond donors (Lipinski definition) is 2. The minimum absolute atomic E-state index is 0.257. The van der Waals surface area contributed by atoms with E-state index in [2.05, 4.69) is 14.9 Å². The Kier molecular flexibility index (Phi) is 3.84. The fourth-order valence-corrected chi connectivity index (χ4v) is 3.87. The summed E-state index contributed by atoms with van der Waals surface area (Å²) < 4.78 is 26.8. The summed E-state index contributed by atoms with van der Waals surface area (Å²) in [6.45, 7) is 3.77. The van der Waals surface area contributed by atoms with Crippen LogP contribution >= 0.6 is 11.3 Å². The van der Waals surface area contributed by atoms with Crippen LogP contribution < -0.4 is 4.72 Å². The maximum absolute atomic E-state index is 12.1. The van der Waals surface area contributed by atoms with Crippen LogP contribution in [0.15, 0.2) is 21.7 Å². The number of thiophene rings is 1. The van der Waals surface area contributed by atoms with Gasteiger partial charge in [-0.05, 0) is 42.7 Å². The average Bonchev–Trinajstić information content (AvgIpc) is 2.89. The van der Waals surface area contributed by atoms with Crippen LogP contribution in [0.4, 0.5) is 0 Å². The highest BCUT2D eigenvalue weighted by molar-refractivity contribution is 7.89. The van der Waals surface area contributed by atoms with Crippen LogP contribution in [-0.4, -0.2) is 25.2 Å². The van der Waals surface area contributed by atoms with Gasteiger partial charge in [-0.1, -0.05) is 0 Å². The summed E-state index contributed by atoms with van der Waals surface area (Å²) in [4.78, 5) is 0.257. The van der Waals surface area contributed by atoms with Crippen molar-refractivity contribution < 1.29 is 8.42 Å². The molecule has 0 bridgehead atoms. The molecule has 0 aliphatic carbocycles. The van der Waals surface area contributed by atoms with Gasteiger partial charge in [0.1, 0.15) is 4.90 Å². The molecule has 98 valence electrons. The minimum Gasteiger partial charge on any atom is -0.281 e. The topological polar surface area (TPSA) is 74.8 Å². The average molecular weight is 285 g/mol. The predicted molar refractivity (Wildman–Crippen MR) is 71.3 cm³/mol. The van der Waals surface area contributed by atoms with Crippen LogP contribution in [0.5, 0.6) is 0 Å². The summed E-state index contributed by atoms with van der Waals surface area (Å²) in [7, 11) is -3.47. The van der Waals surface area contributed by atoms with E-state index < -0.39 is 10.0 Å². The number of nitrogens with zero attached hydrogens (tertiary/aromatic N) is 1. The lowest BCUT2D eigenvalue weighted by Gasteiger charge is -2.06. The largest absolute Gasteiger partial charge is 0.281 e. The molecule has 0 fully saturated rings. The molecule has 0 saturated heterocycles. The van der Waals surface area contributed by atoms with Crippen LogP contribution in [0, 0.1) is 13.8 Å². The quantitative estimate of drug-likeness (QED) is 0.876. The number of aromatic nitrogens is 2. The lowest BCUT2D eigenvalue weighted by atomic mass is 10.2. The van der Waals surface area contributed by atoms with E-state index >= 15 is 0 Å². The molecule has 2 heterocycles. The third-order valence-corrected chi connectivity index (χ3v) is 5.07. The number of nitrogens with one attached hydrogen (secondary N) is 2. The van der Waals surface area contributed by atoms with Gasteiger partial charge >= 0.3 is 0 Å². The zero-order valence-electron chi connectivity index (χ0n) is 10.2. The van der Waals surface area contributed by atoms with Gasteiger partial charge in [-0.2, -0.15) is 16.4 Å². The highest BCUT2D eigenvalue weighted by atomic mass is 32.2. The first kappa shape index (κ1) is 13.3. The maximum atomic E-state index is 12.1. The zero-order valence-corrected chi connectivity index (χ0v) is 11.9. The Bertz CT molecular complexity index is 595. The van der Waals surface area contributed by atoms with Crippen LogP contribution in [0.2, 0.25) is 0 Å². The summed E-state index contributed by atoms with van der Waals surface area (Å²) >= 11 is 1.61. The molecule has 0 unspecified atom stereocenters. The molecule has 0 saturated carbocycles. The number of aromatic amines is 1. The minimum atomic E-state index is -3.47. The van der Waals surface area contributed by atoms with Gasteiger partial charge in [0, 0.05) is 6.54 Å². The van der Waals surface area contributed by atoms with E-state index in [4.69, 9.17) is 0 Å². The van der Waals surface area contributed by atoms with Gasteiger partial charge in [0.2, 0.25) is 10.0 Å². The molecule has 2 rings (SSSR count). The Labute approximate surface area is 110 Å². The molecule has 0 radical (unpaired) electrons. The van der Waals surface area contributed by atoms with E-state index in [0.717, 1.165) is 5.56 Å². The molecular weight excluding hydrogens is 270 g/mol. The first-order valence-electron chi connectivity index (χ1n) is 5.53. The molecule has 0 atom stereocenters. The van der Waals surface area contributed by atoms with Crippen LogP contribution in [0.1, 0.15) is 17.0 Å². The van der Waals surface area contributed by atoms with E-state index in [-0.39, 0.29) is 4.90 Å². The summed E-state index contributed by atoms with van der Waals surface area (Å²) in [5.41, 5.74) is 2.20. The summed E-state index contributed by atoms with van der Waals surface area (Å²) in [6.07, 6.45) is 0.693. The second kappa shape index (κ2) is 5.21. The van der Waals surface area contributed by atoms with E-state index in [1.807, 2.05) is 16.8 Å². The molecule has 18 heavy (non-hydrogen) atoms. The van der Waals surface area contributed by atoms with Gasteiger partial charge in [0.15, 0.2) is 0 Å². The van der Waals surface area contributed by atoms with Crippen molar-refractivity contribution in [2.75, 3.05) is 6.54 Å². The van der Waals surface area contributed by atoms with E-state index in [1.165, 1.54) is 0 Å². The molecule has 0 aliphatic rings. The van der Waals surface area contributed by atoms with Gasteiger partial charge in [-0.25, -0.2) is 13.1 Å². The fourth-order valence-electron chi connectivity index (χ4n) is 1.77. The van der Waals surface area contributed by atoms with Gasteiger partial charge in [-0.15, -0.1) is 0 Å². The smallest absolute Gasteiger partial charge is 0.244 e. The number of hydrogen-bond acceptors (Lipinski definition) is 4. The van der Waals surface area contributed by atoms with Gasteiger partial charge < -0.3 is 0 Å². The van der Waals surface area contributed by atoms with Gasteiger partial charge in [0.05, 0.1) is 11.4 Å². The summed E-state index contributed by atoms with van der Waals surface area (Å²) in [5.74, 6) is 0. The molecule has 0 amide bonds. The molecular formula is C11H15N3O2S2. The lowest BCUT2D eigenvalue weighted by molar-refractivity contribution is 0.580. The van der Waals surface area contributed by atoms with Crippen LogP contribution in [0.3, 0.4) is 0 Å². The van der Waals surface area contributed by atoms with E-state index in [0.29, 0.717) is 24.4 Å². The standard InChI is InChI=1S/C11H15N3O2S2/c1-8-11(9(2)14-13-8)18(15,16)12-5-3-10-4-6-17-7-10/h4,6-7,12H,3,5H2,1-2H3,(H,13,14). The molecule has 0 spiro atoms. The van der Waals surface area contributed by atoms with Crippen molar-refractivity contribution in [2.45, 2.75) is 25.2 Å². The van der Waals surface area contributed by atoms with Crippen molar-refractivity contribution in [3.05, 3.63) is 33.8 Å². The Balaban J connectivity index is 2.04. The van der Waals surface area contributed by atoms with E-state index in [1.54, 1.807) is 25.2 Å². The van der Waals surface area contributed by atoms with E-state index in [9.17, 15) is 8.42 Å².